The van der Waals surface area contributed by atoms with Crippen LogP contribution < -0.4 is 10.6 Å². The molecule has 2 aromatic rings. The number of aromatic nitrogens is 2. The van der Waals surface area contributed by atoms with Crippen LogP contribution in [0.15, 0.2) is 6.07 Å². The number of anilines is 2. The molecule has 0 saturated carbocycles. The quantitative estimate of drug-likeness (QED) is 0.886. The Kier molecular flexibility index (Phi) is 4.55. The Labute approximate surface area is 129 Å². The first-order chi connectivity index (χ1) is 10.3. The van der Waals surface area contributed by atoms with Crippen molar-refractivity contribution in [3.8, 4) is 0 Å². The predicted octanol–water partition coefficient (Wildman–Crippen LogP) is 3.41. The van der Waals surface area contributed by atoms with Crippen molar-refractivity contribution in [3.05, 3.63) is 10.9 Å². The van der Waals surface area contributed by atoms with E-state index in [2.05, 4.69) is 40.5 Å². The molecule has 6 heteroatoms. The summed E-state index contributed by atoms with van der Waals surface area (Å²) in [6.45, 7) is 6.67. The first-order valence-corrected chi connectivity index (χ1v) is 8.45. The lowest BCUT2D eigenvalue weighted by Crippen LogP contribution is -2.27. The van der Waals surface area contributed by atoms with Gasteiger partial charge in [-0.2, -0.15) is 4.98 Å². The molecule has 5 nitrogen and oxygen atoms in total. The highest BCUT2D eigenvalue weighted by molar-refractivity contribution is 7.18. The second-order valence-corrected chi connectivity index (χ2v) is 6.61. The fourth-order valence-electron chi connectivity index (χ4n) is 2.59. The van der Waals surface area contributed by atoms with E-state index >= 15 is 0 Å². The van der Waals surface area contributed by atoms with Gasteiger partial charge < -0.3 is 15.4 Å². The van der Waals surface area contributed by atoms with Crippen LogP contribution in [0.1, 0.15) is 31.1 Å². The maximum atomic E-state index is 5.78. The SMILES string of the molecule is CCNc1nc(NCC2CCCCO2)c2cc(C)sc2n1. The van der Waals surface area contributed by atoms with Crippen LogP contribution in [0, 0.1) is 6.92 Å². The first kappa shape index (κ1) is 14.5. The number of hydrogen-bond donors (Lipinski definition) is 2. The summed E-state index contributed by atoms with van der Waals surface area (Å²) in [7, 11) is 0. The number of thiophene rings is 1. The van der Waals surface area contributed by atoms with Crippen molar-refractivity contribution in [1.82, 2.24) is 9.97 Å². The molecule has 0 spiro atoms. The molecular weight excluding hydrogens is 284 g/mol. The third-order valence-electron chi connectivity index (χ3n) is 3.62. The molecule has 1 fully saturated rings. The van der Waals surface area contributed by atoms with Gasteiger partial charge in [0, 0.05) is 24.6 Å². The van der Waals surface area contributed by atoms with E-state index in [1.54, 1.807) is 11.3 Å². The summed E-state index contributed by atoms with van der Waals surface area (Å²) in [4.78, 5) is 11.5. The monoisotopic (exact) mass is 306 g/mol. The summed E-state index contributed by atoms with van der Waals surface area (Å²) < 4.78 is 5.78. The summed E-state index contributed by atoms with van der Waals surface area (Å²) in [5, 5.41) is 7.77. The number of fused-ring (bicyclic) bond motifs is 1. The largest absolute Gasteiger partial charge is 0.376 e. The summed E-state index contributed by atoms with van der Waals surface area (Å²) in [6, 6.07) is 2.15. The summed E-state index contributed by atoms with van der Waals surface area (Å²) in [5.74, 6) is 1.60. The zero-order valence-corrected chi connectivity index (χ0v) is 13.4. The van der Waals surface area contributed by atoms with E-state index in [0.717, 1.165) is 42.2 Å². The highest BCUT2D eigenvalue weighted by Gasteiger charge is 2.15. The fraction of sp³-hybridized carbons (Fsp3) is 0.600. The van der Waals surface area contributed by atoms with Crippen molar-refractivity contribution in [1.29, 1.82) is 0 Å². The van der Waals surface area contributed by atoms with Crippen molar-refractivity contribution >= 4 is 33.3 Å². The lowest BCUT2D eigenvalue weighted by molar-refractivity contribution is 0.0247. The zero-order valence-electron chi connectivity index (χ0n) is 12.6. The molecule has 0 amide bonds. The molecule has 2 N–H and O–H groups in total. The van der Waals surface area contributed by atoms with Gasteiger partial charge >= 0.3 is 0 Å². The van der Waals surface area contributed by atoms with Gasteiger partial charge in [-0.25, -0.2) is 4.98 Å². The van der Waals surface area contributed by atoms with Gasteiger partial charge in [0.05, 0.1) is 11.5 Å². The molecule has 3 heterocycles. The molecule has 0 bridgehead atoms. The molecule has 1 saturated heterocycles. The Bertz CT molecular complexity index is 607. The summed E-state index contributed by atoms with van der Waals surface area (Å²) >= 11 is 1.71. The lowest BCUT2D eigenvalue weighted by atomic mass is 10.1. The zero-order chi connectivity index (χ0) is 14.7. The van der Waals surface area contributed by atoms with Gasteiger partial charge in [-0.1, -0.05) is 0 Å². The van der Waals surface area contributed by atoms with Crippen LogP contribution in [-0.2, 0) is 4.74 Å². The molecular formula is C15H22N4OS. The molecule has 1 atom stereocenters. The smallest absolute Gasteiger partial charge is 0.226 e. The minimum Gasteiger partial charge on any atom is -0.376 e. The van der Waals surface area contributed by atoms with E-state index < -0.39 is 0 Å². The van der Waals surface area contributed by atoms with E-state index in [4.69, 9.17) is 4.74 Å². The molecule has 1 aliphatic heterocycles. The summed E-state index contributed by atoms with van der Waals surface area (Å²) in [5.41, 5.74) is 0. The van der Waals surface area contributed by atoms with Crippen molar-refractivity contribution in [3.63, 3.8) is 0 Å². The van der Waals surface area contributed by atoms with Crippen molar-refractivity contribution in [2.45, 2.75) is 39.2 Å². The van der Waals surface area contributed by atoms with Crippen LogP contribution in [0.25, 0.3) is 10.2 Å². The molecule has 0 aromatic carbocycles. The molecule has 1 unspecified atom stereocenters. The standard InChI is InChI=1S/C15H22N4OS/c1-3-16-15-18-13(12-8-10(2)21-14(12)19-15)17-9-11-6-4-5-7-20-11/h8,11H,3-7,9H2,1-2H3,(H2,16,17,18,19). The highest BCUT2D eigenvalue weighted by Crippen LogP contribution is 2.29. The topological polar surface area (TPSA) is 59.1 Å². The number of nitrogens with one attached hydrogen (secondary N) is 2. The van der Waals surface area contributed by atoms with Crippen LogP contribution in [0.5, 0.6) is 0 Å². The van der Waals surface area contributed by atoms with Crippen LogP contribution in [0.2, 0.25) is 0 Å². The first-order valence-electron chi connectivity index (χ1n) is 7.64. The van der Waals surface area contributed by atoms with E-state index in [0.29, 0.717) is 12.1 Å². The normalized spacial score (nSPS) is 18.9. The third kappa shape index (κ3) is 3.44. The average Bonchev–Trinajstić information content (AvgIpc) is 2.86. The molecule has 114 valence electrons. The van der Waals surface area contributed by atoms with Crippen LogP contribution in [0.3, 0.4) is 0 Å². The Morgan fingerprint density at radius 2 is 2.24 bits per heavy atom. The van der Waals surface area contributed by atoms with E-state index in [-0.39, 0.29) is 0 Å². The molecule has 3 rings (SSSR count). The Morgan fingerprint density at radius 1 is 1.33 bits per heavy atom. The van der Waals surface area contributed by atoms with Gasteiger partial charge in [0.15, 0.2) is 0 Å². The van der Waals surface area contributed by atoms with E-state index in [1.807, 2.05) is 0 Å². The van der Waals surface area contributed by atoms with Crippen molar-refractivity contribution in [2.75, 3.05) is 30.3 Å². The van der Waals surface area contributed by atoms with Gasteiger partial charge in [0.2, 0.25) is 5.95 Å². The predicted molar refractivity (Wildman–Crippen MR) is 88.4 cm³/mol. The van der Waals surface area contributed by atoms with E-state index in [9.17, 15) is 0 Å². The Balaban J connectivity index is 1.81. The van der Waals surface area contributed by atoms with Gasteiger partial charge in [0.1, 0.15) is 10.6 Å². The number of aryl methyl sites for hydroxylation is 1. The average molecular weight is 306 g/mol. The van der Waals surface area contributed by atoms with E-state index in [1.165, 1.54) is 17.7 Å². The van der Waals surface area contributed by atoms with Crippen LogP contribution in [0.4, 0.5) is 11.8 Å². The Hall–Kier alpha value is -1.40. The molecule has 1 aliphatic rings. The second-order valence-electron chi connectivity index (χ2n) is 5.37. The van der Waals surface area contributed by atoms with Crippen LogP contribution >= 0.6 is 11.3 Å². The fourth-order valence-corrected chi connectivity index (χ4v) is 3.47. The van der Waals surface area contributed by atoms with Crippen molar-refractivity contribution in [2.24, 2.45) is 0 Å². The lowest BCUT2D eigenvalue weighted by Gasteiger charge is -2.23. The maximum Gasteiger partial charge on any atom is 0.226 e. The maximum absolute atomic E-state index is 5.78. The number of nitrogens with zero attached hydrogens (tertiary/aromatic N) is 2. The summed E-state index contributed by atoms with van der Waals surface area (Å²) in [6.07, 6.45) is 3.86. The number of hydrogen-bond acceptors (Lipinski definition) is 6. The minimum atomic E-state index is 0.297. The number of rotatable bonds is 5. The van der Waals surface area contributed by atoms with Gasteiger partial charge in [-0.15, -0.1) is 11.3 Å². The highest BCUT2D eigenvalue weighted by atomic mass is 32.1. The van der Waals surface area contributed by atoms with Gasteiger partial charge in [-0.05, 0) is 39.2 Å². The number of ether oxygens (including phenoxy) is 1. The molecule has 21 heavy (non-hydrogen) atoms. The van der Waals surface area contributed by atoms with Crippen LogP contribution in [-0.4, -0.2) is 35.8 Å². The van der Waals surface area contributed by atoms with Crippen molar-refractivity contribution < 1.29 is 4.74 Å². The molecule has 2 aromatic heterocycles. The third-order valence-corrected chi connectivity index (χ3v) is 4.57. The molecule has 0 aliphatic carbocycles. The second kappa shape index (κ2) is 6.58. The minimum absolute atomic E-state index is 0.297. The Morgan fingerprint density at radius 3 is 3.00 bits per heavy atom. The molecule has 0 radical (unpaired) electrons. The van der Waals surface area contributed by atoms with Gasteiger partial charge in [-0.3, -0.25) is 0 Å². The van der Waals surface area contributed by atoms with Gasteiger partial charge in [0.25, 0.3) is 0 Å².